The second-order valence-electron chi connectivity index (χ2n) is 16.4. The molecule has 14 rings (SSSR count). The highest BCUT2D eigenvalue weighted by molar-refractivity contribution is 6.27. The summed E-state index contributed by atoms with van der Waals surface area (Å²) in [4.78, 5) is 0. The molecule has 0 saturated heterocycles. The maximum absolute atomic E-state index is 6.46. The normalized spacial score (nSPS) is 12.8. The van der Waals surface area contributed by atoms with Gasteiger partial charge >= 0.3 is 0 Å². The summed E-state index contributed by atoms with van der Waals surface area (Å²) < 4.78 is 6.46. The number of fused-ring (bicyclic) bond motifs is 6. The summed E-state index contributed by atoms with van der Waals surface area (Å²) in [5, 5.41) is 18.1. The Balaban J connectivity index is 0.878. The molecule has 1 heterocycles. The van der Waals surface area contributed by atoms with E-state index in [2.05, 4.69) is 182 Å². The van der Waals surface area contributed by atoms with Gasteiger partial charge in [0.1, 0.15) is 11.2 Å². The molecule has 12 aromatic carbocycles. The first-order chi connectivity index (χ1) is 28.7. The van der Waals surface area contributed by atoms with Crippen molar-refractivity contribution in [2.24, 2.45) is 0 Å². The number of furan rings is 1. The van der Waals surface area contributed by atoms with E-state index < -0.39 is 0 Å². The monoisotopic (exact) mass is 732 g/mol. The fourth-order valence-corrected chi connectivity index (χ4v) is 10.6. The second kappa shape index (κ2) is 11.1. The van der Waals surface area contributed by atoms with Gasteiger partial charge in [0.15, 0.2) is 0 Å². The largest absolute Gasteiger partial charge is 0.456 e. The summed E-state index contributed by atoms with van der Waals surface area (Å²) in [5.41, 5.74) is 14.7. The van der Waals surface area contributed by atoms with Gasteiger partial charge in [0, 0.05) is 10.8 Å². The van der Waals surface area contributed by atoms with Crippen LogP contribution in [0.3, 0.4) is 0 Å². The minimum atomic E-state index is 0.913. The van der Waals surface area contributed by atoms with Crippen LogP contribution in [0.2, 0.25) is 0 Å². The molecule has 1 aliphatic carbocycles. The SMILES string of the molecule is c1cc2ccc3ccc(-c4ccc5c(c4)-c4cc(-c6ccc7oc8ccc(-c9ccc%10ccc%11cccc%12ccc9c%10c%11%12)cc8c7c6)ccc4C5)c4ccc(c1)c2c34. The van der Waals surface area contributed by atoms with E-state index in [0.29, 0.717) is 0 Å². The van der Waals surface area contributed by atoms with Crippen molar-refractivity contribution in [1.29, 1.82) is 0 Å². The van der Waals surface area contributed by atoms with Gasteiger partial charge in [-0.25, -0.2) is 0 Å². The Morgan fingerprint density at radius 2 is 0.672 bits per heavy atom. The summed E-state index contributed by atoms with van der Waals surface area (Å²) in [6.45, 7) is 0. The van der Waals surface area contributed by atoms with Crippen LogP contribution in [-0.2, 0) is 6.42 Å². The fourth-order valence-electron chi connectivity index (χ4n) is 10.6. The van der Waals surface area contributed by atoms with Crippen LogP contribution < -0.4 is 0 Å². The Labute approximate surface area is 333 Å². The molecular formula is C57H32O. The molecule has 0 radical (unpaired) electrons. The van der Waals surface area contributed by atoms with Gasteiger partial charge in [-0.2, -0.15) is 0 Å². The third-order valence-electron chi connectivity index (χ3n) is 13.4. The van der Waals surface area contributed by atoms with Crippen LogP contribution in [0.25, 0.3) is 131 Å². The van der Waals surface area contributed by atoms with Crippen molar-refractivity contribution < 1.29 is 4.42 Å². The molecule has 0 fully saturated rings. The van der Waals surface area contributed by atoms with E-state index in [1.54, 1.807) is 0 Å². The fraction of sp³-hybridized carbons (Fsp3) is 0.0175. The summed E-state index contributed by atoms with van der Waals surface area (Å²) in [6.07, 6.45) is 0.959. The molecule has 0 N–H and O–H groups in total. The van der Waals surface area contributed by atoms with Crippen LogP contribution in [0.5, 0.6) is 0 Å². The number of hydrogen-bond donors (Lipinski definition) is 0. The zero-order chi connectivity index (χ0) is 37.6. The molecule has 0 aliphatic heterocycles. The molecule has 0 spiro atoms. The van der Waals surface area contributed by atoms with Crippen LogP contribution in [-0.4, -0.2) is 0 Å². The van der Waals surface area contributed by atoms with Crippen molar-refractivity contribution in [3.05, 3.63) is 193 Å². The van der Waals surface area contributed by atoms with E-state index in [1.165, 1.54) is 120 Å². The molecule has 13 aromatic rings. The third kappa shape index (κ3) is 4.15. The predicted octanol–water partition coefficient (Wildman–Crippen LogP) is 16.0. The zero-order valence-electron chi connectivity index (χ0n) is 31.4. The van der Waals surface area contributed by atoms with E-state index in [1.807, 2.05) is 0 Å². The van der Waals surface area contributed by atoms with Gasteiger partial charge in [-0.1, -0.05) is 146 Å². The molecule has 0 bridgehead atoms. The van der Waals surface area contributed by atoms with Crippen molar-refractivity contribution >= 4 is 86.6 Å². The lowest BCUT2D eigenvalue weighted by Gasteiger charge is -2.15. The Bertz CT molecular complexity index is 3850. The Morgan fingerprint density at radius 1 is 0.276 bits per heavy atom. The molecule has 266 valence electrons. The maximum atomic E-state index is 6.46. The van der Waals surface area contributed by atoms with Crippen molar-refractivity contribution in [3.63, 3.8) is 0 Å². The molecule has 0 saturated carbocycles. The molecule has 1 heteroatoms. The standard InChI is InChI=1S/C57H32O/c1-3-32-7-9-36-15-21-44(46-23-17-34(5-1)54(32)56(36)46)42-14-13-41-27-40-12-11-38(28-48(40)49(41)30-42)39-19-25-52-50(29-39)51-31-43(20-26-53(51)58-52)45-22-16-37-10-8-33-4-2-6-35-18-24-47(45)57(37)55(33)35/h1-26,28-31H,27H2. The Morgan fingerprint density at radius 3 is 1.24 bits per heavy atom. The van der Waals surface area contributed by atoms with E-state index in [9.17, 15) is 0 Å². The number of rotatable bonds is 3. The second-order valence-corrected chi connectivity index (χ2v) is 16.4. The lowest BCUT2D eigenvalue weighted by molar-refractivity contribution is 0.669. The highest BCUT2D eigenvalue weighted by Crippen LogP contribution is 2.45. The first-order valence-electron chi connectivity index (χ1n) is 20.3. The van der Waals surface area contributed by atoms with E-state index in [-0.39, 0.29) is 0 Å². The quantitative estimate of drug-likeness (QED) is 0.165. The molecule has 1 aromatic heterocycles. The van der Waals surface area contributed by atoms with Gasteiger partial charge in [-0.05, 0) is 163 Å². The third-order valence-corrected chi connectivity index (χ3v) is 13.4. The van der Waals surface area contributed by atoms with Gasteiger partial charge < -0.3 is 4.42 Å². The minimum Gasteiger partial charge on any atom is -0.456 e. The molecule has 0 atom stereocenters. The molecule has 1 aliphatic rings. The van der Waals surface area contributed by atoms with Crippen LogP contribution in [0, 0.1) is 0 Å². The highest BCUT2D eigenvalue weighted by Gasteiger charge is 2.22. The number of benzene rings is 12. The molecule has 0 amide bonds. The average molecular weight is 733 g/mol. The topological polar surface area (TPSA) is 13.1 Å². The van der Waals surface area contributed by atoms with Crippen LogP contribution in [0.15, 0.2) is 186 Å². The first kappa shape index (κ1) is 30.7. The highest BCUT2D eigenvalue weighted by atomic mass is 16.3. The molecule has 58 heavy (non-hydrogen) atoms. The maximum Gasteiger partial charge on any atom is 0.135 e. The van der Waals surface area contributed by atoms with Crippen molar-refractivity contribution in [2.75, 3.05) is 0 Å². The zero-order valence-corrected chi connectivity index (χ0v) is 31.4. The van der Waals surface area contributed by atoms with Crippen molar-refractivity contribution in [3.8, 4) is 44.5 Å². The predicted molar refractivity (Wildman–Crippen MR) is 246 cm³/mol. The van der Waals surface area contributed by atoms with Crippen molar-refractivity contribution in [1.82, 2.24) is 0 Å². The lowest BCUT2D eigenvalue weighted by atomic mass is 9.89. The van der Waals surface area contributed by atoms with Crippen LogP contribution >= 0.6 is 0 Å². The minimum absolute atomic E-state index is 0.913. The summed E-state index contributed by atoms with van der Waals surface area (Å²) in [7, 11) is 0. The van der Waals surface area contributed by atoms with Crippen molar-refractivity contribution in [2.45, 2.75) is 6.42 Å². The Hall–Kier alpha value is -7.48. The molecular weight excluding hydrogens is 701 g/mol. The summed E-state index contributed by atoms with van der Waals surface area (Å²) in [6, 6.07) is 68.2. The lowest BCUT2D eigenvalue weighted by Crippen LogP contribution is -1.88. The van der Waals surface area contributed by atoms with Gasteiger partial charge in [-0.15, -0.1) is 0 Å². The van der Waals surface area contributed by atoms with E-state index in [4.69, 9.17) is 4.42 Å². The van der Waals surface area contributed by atoms with Crippen LogP contribution in [0.1, 0.15) is 11.1 Å². The summed E-state index contributed by atoms with van der Waals surface area (Å²) in [5.74, 6) is 0. The molecule has 0 unspecified atom stereocenters. The van der Waals surface area contributed by atoms with E-state index in [0.717, 1.165) is 28.4 Å². The first-order valence-corrected chi connectivity index (χ1v) is 20.3. The van der Waals surface area contributed by atoms with Gasteiger partial charge in [0.05, 0.1) is 0 Å². The smallest absolute Gasteiger partial charge is 0.135 e. The number of hydrogen-bond acceptors (Lipinski definition) is 1. The average Bonchev–Trinajstić information content (AvgIpc) is 3.84. The Kier molecular flexibility index (Phi) is 5.87. The van der Waals surface area contributed by atoms with E-state index >= 15 is 0 Å². The van der Waals surface area contributed by atoms with Gasteiger partial charge in [0.2, 0.25) is 0 Å². The van der Waals surface area contributed by atoms with Gasteiger partial charge in [-0.3, -0.25) is 0 Å². The molecule has 1 nitrogen and oxygen atoms in total. The summed E-state index contributed by atoms with van der Waals surface area (Å²) >= 11 is 0. The van der Waals surface area contributed by atoms with Gasteiger partial charge in [0.25, 0.3) is 0 Å². The van der Waals surface area contributed by atoms with Crippen LogP contribution in [0.4, 0.5) is 0 Å².